The average molecular weight is 475 g/mol. The smallest absolute Gasteiger partial charge is 0.269 e. The standard InChI is InChI=1S/C21H22N4O5S2/c22-17-4-3-13-9-14(1-2-15(13)10-17)16-11-18(20(26)23-5-7-31)25-19(12-16)21(27)24-6-8-32(28,29)30/h1-4,9-12,31H,5-8,22H2,(H,23,26)(H,24,27)(H,28,29,30). The van der Waals surface area contributed by atoms with Crippen molar-refractivity contribution in [2.75, 3.05) is 30.3 Å². The Morgan fingerprint density at radius 1 is 0.906 bits per heavy atom. The van der Waals surface area contributed by atoms with Gasteiger partial charge in [-0.25, -0.2) is 4.98 Å². The van der Waals surface area contributed by atoms with Gasteiger partial charge in [0.25, 0.3) is 21.9 Å². The maximum absolute atomic E-state index is 12.5. The molecule has 168 valence electrons. The molecule has 0 aliphatic heterocycles. The summed E-state index contributed by atoms with van der Waals surface area (Å²) in [6, 6.07) is 14.2. The molecule has 9 nitrogen and oxygen atoms in total. The number of aromatic nitrogens is 1. The van der Waals surface area contributed by atoms with Gasteiger partial charge in [0.15, 0.2) is 0 Å². The Hall–Kier alpha value is -3.15. The van der Waals surface area contributed by atoms with E-state index >= 15 is 0 Å². The van der Waals surface area contributed by atoms with Crippen LogP contribution in [0.4, 0.5) is 5.69 Å². The van der Waals surface area contributed by atoms with E-state index in [9.17, 15) is 18.0 Å². The van der Waals surface area contributed by atoms with Gasteiger partial charge in [-0.2, -0.15) is 21.0 Å². The van der Waals surface area contributed by atoms with Gasteiger partial charge in [0.1, 0.15) is 11.4 Å². The van der Waals surface area contributed by atoms with Gasteiger partial charge in [0, 0.05) is 24.5 Å². The number of thiol groups is 1. The third-order valence-electron chi connectivity index (χ3n) is 4.53. The molecule has 32 heavy (non-hydrogen) atoms. The molecule has 0 bridgehead atoms. The van der Waals surface area contributed by atoms with E-state index in [-0.39, 0.29) is 17.9 Å². The van der Waals surface area contributed by atoms with Crippen LogP contribution in [0.5, 0.6) is 0 Å². The average Bonchev–Trinajstić information content (AvgIpc) is 2.75. The van der Waals surface area contributed by atoms with Crippen molar-refractivity contribution >= 4 is 51.0 Å². The first-order valence-corrected chi connectivity index (χ1v) is 11.8. The molecule has 0 unspecified atom stereocenters. The summed E-state index contributed by atoms with van der Waals surface area (Å²) in [4.78, 5) is 29.2. The lowest BCUT2D eigenvalue weighted by atomic mass is 10.00. The fourth-order valence-corrected chi connectivity index (χ4v) is 3.49. The summed E-state index contributed by atoms with van der Waals surface area (Å²) in [5.74, 6) is -1.35. The molecular weight excluding hydrogens is 452 g/mol. The number of benzene rings is 2. The minimum Gasteiger partial charge on any atom is -0.399 e. The van der Waals surface area contributed by atoms with Gasteiger partial charge < -0.3 is 16.4 Å². The molecular formula is C21H22N4O5S2. The van der Waals surface area contributed by atoms with Gasteiger partial charge in [-0.15, -0.1) is 0 Å². The van der Waals surface area contributed by atoms with Crippen LogP contribution in [0.15, 0.2) is 48.5 Å². The maximum atomic E-state index is 12.5. The molecule has 5 N–H and O–H groups in total. The first-order valence-electron chi connectivity index (χ1n) is 9.60. The van der Waals surface area contributed by atoms with Crippen LogP contribution in [0.3, 0.4) is 0 Å². The number of pyridine rings is 1. The Bertz CT molecular complexity index is 1280. The predicted octanol–water partition coefficient (Wildman–Crippen LogP) is 1.76. The summed E-state index contributed by atoms with van der Waals surface area (Å²) in [5.41, 5.74) is 7.76. The molecule has 11 heteroatoms. The monoisotopic (exact) mass is 474 g/mol. The fraction of sp³-hybridized carbons (Fsp3) is 0.190. The number of nitrogens with zero attached hydrogens (tertiary/aromatic N) is 1. The summed E-state index contributed by atoms with van der Waals surface area (Å²) >= 11 is 4.06. The highest BCUT2D eigenvalue weighted by Crippen LogP contribution is 2.27. The van der Waals surface area contributed by atoms with Gasteiger partial charge in [0.2, 0.25) is 0 Å². The molecule has 3 aromatic rings. The van der Waals surface area contributed by atoms with Crippen LogP contribution in [0.25, 0.3) is 21.9 Å². The van der Waals surface area contributed by atoms with Crippen molar-refractivity contribution in [2.24, 2.45) is 0 Å². The normalized spacial score (nSPS) is 11.3. The molecule has 1 aromatic heterocycles. The van der Waals surface area contributed by atoms with Crippen LogP contribution in [0.1, 0.15) is 21.0 Å². The summed E-state index contributed by atoms with van der Waals surface area (Å²) in [5, 5.41) is 6.90. The highest BCUT2D eigenvalue weighted by Gasteiger charge is 2.16. The Kier molecular flexibility index (Phi) is 7.33. The van der Waals surface area contributed by atoms with Crippen molar-refractivity contribution in [3.63, 3.8) is 0 Å². The topological polar surface area (TPSA) is 151 Å². The van der Waals surface area contributed by atoms with E-state index in [4.69, 9.17) is 10.3 Å². The number of hydrogen-bond acceptors (Lipinski definition) is 7. The quantitative estimate of drug-likeness (QED) is 0.189. The second kappa shape index (κ2) is 9.98. The van der Waals surface area contributed by atoms with E-state index < -0.39 is 27.7 Å². The number of amides is 2. The minimum absolute atomic E-state index is 0.0293. The van der Waals surface area contributed by atoms with Crippen molar-refractivity contribution in [1.29, 1.82) is 0 Å². The number of carbonyl (C=O) groups is 2. The Labute approximate surface area is 190 Å². The first-order chi connectivity index (χ1) is 15.2. The zero-order chi connectivity index (χ0) is 23.3. The van der Waals surface area contributed by atoms with Crippen molar-refractivity contribution in [2.45, 2.75) is 0 Å². The molecule has 2 aromatic carbocycles. The maximum Gasteiger partial charge on any atom is 0.269 e. The van der Waals surface area contributed by atoms with E-state index in [1.165, 1.54) is 6.07 Å². The number of fused-ring (bicyclic) bond motifs is 1. The van der Waals surface area contributed by atoms with Crippen LogP contribution in [-0.2, 0) is 10.1 Å². The number of hydrogen-bond donors (Lipinski definition) is 5. The van der Waals surface area contributed by atoms with Crippen LogP contribution < -0.4 is 16.4 Å². The number of rotatable bonds is 8. The Morgan fingerprint density at radius 2 is 1.50 bits per heavy atom. The molecule has 0 aliphatic rings. The van der Waals surface area contributed by atoms with E-state index in [0.717, 1.165) is 16.3 Å². The van der Waals surface area contributed by atoms with Crippen LogP contribution in [0.2, 0.25) is 0 Å². The van der Waals surface area contributed by atoms with E-state index in [1.807, 2.05) is 30.3 Å². The van der Waals surface area contributed by atoms with Gasteiger partial charge >= 0.3 is 0 Å². The van der Waals surface area contributed by atoms with Crippen molar-refractivity contribution < 1.29 is 22.6 Å². The number of nitrogen functional groups attached to an aromatic ring is 1. The Balaban J connectivity index is 1.99. The van der Waals surface area contributed by atoms with Crippen molar-refractivity contribution in [3.05, 3.63) is 59.9 Å². The number of nitrogens with two attached hydrogens (primary N) is 1. The molecule has 0 saturated carbocycles. The van der Waals surface area contributed by atoms with Crippen molar-refractivity contribution in [3.8, 4) is 11.1 Å². The summed E-state index contributed by atoms with van der Waals surface area (Å²) < 4.78 is 30.6. The molecule has 3 rings (SSSR count). The third kappa shape index (κ3) is 6.19. The van der Waals surface area contributed by atoms with Crippen LogP contribution >= 0.6 is 12.6 Å². The van der Waals surface area contributed by atoms with E-state index in [2.05, 4.69) is 28.2 Å². The van der Waals surface area contributed by atoms with Gasteiger partial charge in [-0.05, 0) is 52.2 Å². The Morgan fingerprint density at radius 3 is 2.12 bits per heavy atom. The lowest BCUT2D eigenvalue weighted by molar-refractivity contribution is 0.0947. The van der Waals surface area contributed by atoms with E-state index in [1.54, 1.807) is 12.1 Å². The van der Waals surface area contributed by atoms with E-state index in [0.29, 0.717) is 23.5 Å². The number of nitrogens with one attached hydrogen (secondary N) is 2. The second-order valence-electron chi connectivity index (χ2n) is 6.97. The zero-order valence-corrected chi connectivity index (χ0v) is 18.6. The van der Waals surface area contributed by atoms with Crippen LogP contribution in [-0.4, -0.2) is 54.4 Å². The molecule has 0 fully saturated rings. The molecule has 2 amide bonds. The molecule has 0 saturated heterocycles. The molecule has 0 atom stereocenters. The SMILES string of the molecule is Nc1ccc2cc(-c3cc(C(=O)NCCS)nc(C(=O)NCCS(=O)(=O)O)c3)ccc2c1. The summed E-state index contributed by atoms with van der Waals surface area (Å²) in [6.45, 7) is 0.0172. The highest BCUT2D eigenvalue weighted by atomic mass is 32.2. The zero-order valence-electron chi connectivity index (χ0n) is 16.9. The summed E-state index contributed by atoms with van der Waals surface area (Å²) in [7, 11) is -4.22. The molecule has 1 heterocycles. The minimum atomic E-state index is -4.22. The van der Waals surface area contributed by atoms with Gasteiger partial charge in [0.05, 0.1) is 5.75 Å². The third-order valence-corrected chi connectivity index (χ3v) is 5.47. The fourth-order valence-electron chi connectivity index (χ4n) is 3.02. The molecule has 0 spiro atoms. The lowest BCUT2D eigenvalue weighted by Gasteiger charge is -2.11. The largest absolute Gasteiger partial charge is 0.399 e. The van der Waals surface area contributed by atoms with Gasteiger partial charge in [-0.3, -0.25) is 14.1 Å². The molecule has 0 aliphatic carbocycles. The number of anilines is 1. The first kappa shape index (κ1) is 23.5. The van der Waals surface area contributed by atoms with Crippen LogP contribution in [0, 0.1) is 0 Å². The number of carbonyl (C=O) groups excluding carboxylic acids is 2. The summed E-state index contributed by atoms with van der Waals surface area (Å²) in [6.07, 6.45) is 0. The van der Waals surface area contributed by atoms with Crippen molar-refractivity contribution in [1.82, 2.24) is 15.6 Å². The second-order valence-corrected chi connectivity index (χ2v) is 8.99. The highest BCUT2D eigenvalue weighted by molar-refractivity contribution is 7.85. The van der Waals surface area contributed by atoms with Gasteiger partial charge in [-0.1, -0.05) is 18.2 Å². The lowest BCUT2D eigenvalue weighted by Crippen LogP contribution is -2.31. The predicted molar refractivity (Wildman–Crippen MR) is 127 cm³/mol. The molecule has 0 radical (unpaired) electrons.